The Balaban J connectivity index is 4.52. The van der Waals surface area contributed by atoms with Crippen LogP contribution in [0.15, 0.2) is 0 Å². The van der Waals surface area contributed by atoms with Crippen LogP contribution in [-0.4, -0.2) is 76.5 Å². The number of carboxylic acids is 1. The summed E-state index contributed by atoms with van der Waals surface area (Å²) in [5.41, 5.74) is 5.61. The lowest BCUT2D eigenvalue weighted by molar-refractivity contribution is -0.143. The number of aliphatic carboxylic acids is 1. The molecule has 0 radical (unpaired) electrons. The van der Waals surface area contributed by atoms with Crippen LogP contribution in [0.1, 0.15) is 6.42 Å². The van der Waals surface area contributed by atoms with Gasteiger partial charge in [-0.3, -0.25) is 9.59 Å². The van der Waals surface area contributed by atoms with E-state index in [0.29, 0.717) is 12.2 Å². The summed E-state index contributed by atoms with van der Waals surface area (Å²) in [5, 5.41) is 30.8. The third kappa shape index (κ3) is 7.27. The van der Waals surface area contributed by atoms with Crippen LogP contribution in [0.2, 0.25) is 0 Å². The number of carboxylic acid groups (broad SMARTS) is 1. The van der Waals surface area contributed by atoms with Crippen molar-refractivity contribution in [1.29, 1.82) is 0 Å². The second-order valence-corrected chi connectivity index (χ2v) is 5.20. The van der Waals surface area contributed by atoms with Crippen molar-refractivity contribution in [1.82, 2.24) is 10.6 Å². The molecule has 9 nitrogen and oxygen atoms in total. The summed E-state index contributed by atoms with van der Waals surface area (Å²) in [6.45, 7) is -1.52. The van der Waals surface area contributed by atoms with Gasteiger partial charge in [0.15, 0.2) is 0 Å². The van der Waals surface area contributed by atoms with Gasteiger partial charge >= 0.3 is 5.97 Å². The lowest BCUT2D eigenvalue weighted by Gasteiger charge is -2.20. The normalized spacial score (nSPS) is 14.9. The van der Waals surface area contributed by atoms with Crippen LogP contribution in [0.4, 0.5) is 0 Å². The minimum Gasteiger partial charge on any atom is -0.480 e. The molecule has 122 valence electrons. The Hall–Kier alpha value is -1.36. The molecule has 0 bridgehead atoms. The molecule has 3 atom stereocenters. The molecule has 7 N–H and O–H groups in total. The van der Waals surface area contributed by atoms with Gasteiger partial charge in [0.25, 0.3) is 0 Å². The molecule has 0 aromatic rings. The topological polar surface area (TPSA) is 162 Å². The van der Waals surface area contributed by atoms with Crippen molar-refractivity contribution in [3.05, 3.63) is 0 Å². The molecule has 2 amide bonds. The number of nitrogens with one attached hydrogen (secondary N) is 2. The first kappa shape index (κ1) is 19.6. The molecule has 0 unspecified atom stereocenters. The van der Waals surface area contributed by atoms with E-state index in [9.17, 15) is 14.4 Å². The number of hydrogen-bond acceptors (Lipinski definition) is 7. The van der Waals surface area contributed by atoms with Crippen LogP contribution in [0.3, 0.4) is 0 Å². The second kappa shape index (κ2) is 10.4. The van der Waals surface area contributed by atoms with Crippen LogP contribution in [-0.2, 0) is 14.4 Å². The molecule has 21 heavy (non-hydrogen) atoms. The maximum absolute atomic E-state index is 11.7. The fraction of sp³-hybridized carbons (Fsp3) is 0.727. The Morgan fingerprint density at radius 1 is 1.10 bits per heavy atom. The average molecular weight is 323 g/mol. The van der Waals surface area contributed by atoms with Crippen LogP contribution < -0.4 is 16.4 Å². The Bertz CT molecular complexity index is 368. The molecule has 0 spiro atoms. The summed E-state index contributed by atoms with van der Waals surface area (Å²) in [6.07, 6.45) is 2.26. The van der Waals surface area contributed by atoms with E-state index in [0.717, 1.165) is 0 Å². The third-order valence-electron chi connectivity index (χ3n) is 2.58. The van der Waals surface area contributed by atoms with Crippen LogP contribution in [0.25, 0.3) is 0 Å². The minimum absolute atomic E-state index is 0.404. The van der Waals surface area contributed by atoms with E-state index in [-0.39, 0.29) is 0 Å². The monoisotopic (exact) mass is 323 g/mol. The van der Waals surface area contributed by atoms with Crippen molar-refractivity contribution in [3.8, 4) is 0 Å². The zero-order valence-electron chi connectivity index (χ0n) is 11.6. The molecule has 10 heteroatoms. The maximum Gasteiger partial charge on any atom is 0.328 e. The maximum atomic E-state index is 11.7. The van der Waals surface area contributed by atoms with E-state index in [1.165, 1.54) is 11.8 Å². The standard InChI is InChI=1S/C11H21N3O6S/c1-21-3-2-6(12)9(17)13-7(4-15)10(18)14-8(5-16)11(19)20/h6-8,15-16H,2-5,12H2,1H3,(H,13,17)(H,14,18)(H,19,20)/t6-,7-,8-/m0/s1. The van der Waals surface area contributed by atoms with E-state index in [2.05, 4.69) is 5.32 Å². The molecule has 0 heterocycles. The summed E-state index contributed by atoms with van der Waals surface area (Å²) in [4.78, 5) is 34.1. The van der Waals surface area contributed by atoms with Gasteiger partial charge in [0.05, 0.1) is 19.3 Å². The molecule has 0 saturated heterocycles. The minimum atomic E-state index is -1.51. The Labute approximate surface area is 126 Å². The van der Waals surface area contributed by atoms with Gasteiger partial charge in [0.1, 0.15) is 12.1 Å². The number of amides is 2. The molecule has 0 aliphatic carbocycles. The van der Waals surface area contributed by atoms with Crippen molar-refractivity contribution >= 4 is 29.5 Å². The fourth-order valence-electron chi connectivity index (χ4n) is 1.31. The van der Waals surface area contributed by atoms with Gasteiger partial charge in [-0.05, 0) is 18.4 Å². The summed E-state index contributed by atoms with van der Waals surface area (Å²) < 4.78 is 0. The van der Waals surface area contributed by atoms with Gasteiger partial charge in [0.2, 0.25) is 11.8 Å². The molecule has 0 fully saturated rings. The van der Waals surface area contributed by atoms with E-state index < -0.39 is 49.1 Å². The third-order valence-corrected chi connectivity index (χ3v) is 3.23. The van der Waals surface area contributed by atoms with Crippen LogP contribution in [0, 0.1) is 0 Å². The van der Waals surface area contributed by atoms with Gasteiger partial charge < -0.3 is 31.7 Å². The molecular formula is C11H21N3O6S. The summed E-state index contributed by atoms with van der Waals surface area (Å²) in [6, 6.07) is -3.66. The van der Waals surface area contributed by atoms with Gasteiger partial charge in [-0.1, -0.05) is 0 Å². The van der Waals surface area contributed by atoms with E-state index >= 15 is 0 Å². The van der Waals surface area contributed by atoms with Crippen molar-refractivity contribution in [2.75, 3.05) is 25.2 Å². The zero-order valence-corrected chi connectivity index (χ0v) is 12.4. The number of nitrogens with two attached hydrogens (primary N) is 1. The zero-order chi connectivity index (χ0) is 16.4. The van der Waals surface area contributed by atoms with E-state index in [1.807, 2.05) is 11.6 Å². The van der Waals surface area contributed by atoms with Crippen molar-refractivity contribution in [3.63, 3.8) is 0 Å². The average Bonchev–Trinajstić information content (AvgIpc) is 2.46. The Morgan fingerprint density at radius 2 is 1.62 bits per heavy atom. The van der Waals surface area contributed by atoms with Crippen molar-refractivity contribution in [2.24, 2.45) is 5.73 Å². The number of carbonyl (C=O) groups excluding carboxylic acids is 2. The number of aliphatic hydroxyl groups excluding tert-OH is 2. The van der Waals surface area contributed by atoms with E-state index in [1.54, 1.807) is 0 Å². The van der Waals surface area contributed by atoms with E-state index in [4.69, 9.17) is 21.1 Å². The number of carbonyl (C=O) groups is 3. The lowest BCUT2D eigenvalue weighted by Crippen LogP contribution is -2.56. The quantitative estimate of drug-likeness (QED) is 0.249. The molecule has 0 saturated carbocycles. The molecule has 0 aliphatic rings. The predicted molar refractivity (Wildman–Crippen MR) is 76.6 cm³/mol. The number of thioether (sulfide) groups is 1. The summed E-state index contributed by atoms with van der Waals surface area (Å²) in [5.74, 6) is -2.29. The van der Waals surface area contributed by atoms with Gasteiger partial charge in [0, 0.05) is 0 Å². The Kier molecular flexibility index (Phi) is 9.71. The number of aliphatic hydroxyl groups is 2. The molecular weight excluding hydrogens is 302 g/mol. The summed E-state index contributed by atoms with van der Waals surface area (Å²) >= 11 is 1.51. The molecule has 0 aromatic carbocycles. The molecule has 0 aromatic heterocycles. The first-order valence-corrected chi connectivity index (χ1v) is 7.56. The summed E-state index contributed by atoms with van der Waals surface area (Å²) in [7, 11) is 0. The molecule has 0 aliphatic heterocycles. The lowest BCUT2D eigenvalue weighted by atomic mass is 10.2. The largest absolute Gasteiger partial charge is 0.480 e. The van der Waals surface area contributed by atoms with Gasteiger partial charge in [-0.15, -0.1) is 0 Å². The van der Waals surface area contributed by atoms with Crippen LogP contribution >= 0.6 is 11.8 Å². The first-order valence-electron chi connectivity index (χ1n) is 6.17. The second-order valence-electron chi connectivity index (χ2n) is 4.21. The highest BCUT2D eigenvalue weighted by Gasteiger charge is 2.26. The highest BCUT2D eigenvalue weighted by molar-refractivity contribution is 7.98. The predicted octanol–water partition coefficient (Wildman–Crippen LogP) is -2.89. The highest BCUT2D eigenvalue weighted by atomic mass is 32.2. The Morgan fingerprint density at radius 3 is 2.05 bits per heavy atom. The van der Waals surface area contributed by atoms with Crippen LogP contribution in [0.5, 0.6) is 0 Å². The van der Waals surface area contributed by atoms with Gasteiger partial charge in [-0.25, -0.2) is 4.79 Å². The SMILES string of the molecule is CSCC[C@H](N)C(=O)N[C@@H](CO)C(=O)N[C@@H](CO)C(=O)O. The van der Waals surface area contributed by atoms with Gasteiger partial charge in [-0.2, -0.15) is 11.8 Å². The number of hydrogen-bond donors (Lipinski definition) is 6. The molecule has 0 rings (SSSR count). The fourth-order valence-corrected chi connectivity index (χ4v) is 1.80. The van der Waals surface area contributed by atoms with Crippen molar-refractivity contribution in [2.45, 2.75) is 24.5 Å². The number of rotatable bonds is 10. The highest BCUT2D eigenvalue weighted by Crippen LogP contribution is 1.99. The van der Waals surface area contributed by atoms with Crippen molar-refractivity contribution < 1.29 is 29.7 Å². The smallest absolute Gasteiger partial charge is 0.328 e. The first-order chi connectivity index (χ1) is 9.87.